The molecule has 0 spiro atoms. The molecule has 1 unspecified atom stereocenters. The number of hydrogen-bond donors (Lipinski definition) is 5. The van der Waals surface area contributed by atoms with Crippen LogP contribution in [0, 0.1) is 0 Å². The van der Waals surface area contributed by atoms with Crippen LogP contribution in [0.3, 0.4) is 0 Å². The molecule has 0 fully saturated rings. The minimum atomic E-state index is -5.25. The predicted molar refractivity (Wildman–Crippen MR) is 161 cm³/mol. The maximum Gasteiger partial charge on any atom is 0.397 e. The van der Waals surface area contributed by atoms with Crippen LogP contribution in [0.5, 0.6) is 5.75 Å². The second-order valence-corrected chi connectivity index (χ2v) is 15.4. The number of aromatic hydroxyl groups is 1. The van der Waals surface area contributed by atoms with Gasteiger partial charge in [-0.1, -0.05) is 30.4 Å². The quantitative estimate of drug-likeness (QED) is 0.141. The van der Waals surface area contributed by atoms with Crippen LogP contribution in [0.15, 0.2) is 91.7 Å². The van der Waals surface area contributed by atoms with Crippen molar-refractivity contribution in [3.8, 4) is 5.75 Å². The molecule has 0 radical (unpaired) electrons. The molecule has 0 heterocycles. The summed E-state index contributed by atoms with van der Waals surface area (Å²) in [4.78, 5) is 10.6. The summed E-state index contributed by atoms with van der Waals surface area (Å²) in [5.74, 6) is -2.57. The average Bonchev–Trinajstić information content (AvgIpc) is 2.95. The Morgan fingerprint density at radius 3 is 2.13 bits per heavy atom. The zero-order chi connectivity index (χ0) is 34.1. The second-order valence-electron chi connectivity index (χ2n) is 9.43. The number of nitrogens with zero attached hydrogens (tertiary/aromatic N) is 2. The maximum absolute atomic E-state index is 12.9. The number of amides is 1. The van der Waals surface area contributed by atoms with E-state index < -0.39 is 96.8 Å². The van der Waals surface area contributed by atoms with E-state index in [2.05, 4.69) is 19.7 Å². The van der Waals surface area contributed by atoms with Gasteiger partial charge in [-0.2, -0.15) is 30.4 Å². The van der Waals surface area contributed by atoms with Crippen LogP contribution in [0.1, 0.15) is 16.8 Å². The van der Waals surface area contributed by atoms with Crippen LogP contribution in [0.25, 0.3) is 10.8 Å². The van der Waals surface area contributed by atoms with Crippen molar-refractivity contribution in [2.24, 2.45) is 10.2 Å². The fraction of sp³-hybridized carbons (Fsp3) is 0.160. The normalized spacial score (nSPS) is 16.1. The van der Waals surface area contributed by atoms with Crippen LogP contribution in [-0.4, -0.2) is 76.7 Å². The van der Waals surface area contributed by atoms with E-state index in [9.17, 15) is 52.7 Å². The number of fused-ring (bicyclic) bond motifs is 1. The Balaban J connectivity index is 1.76. The first kappa shape index (κ1) is 34.8. The van der Waals surface area contributed by atoms with E-state index in [1.165, 1.54) is 24.3 Å². The van der Waals surface area contributed by atoms with Gasteiger partial charge < -0.3 is 10.4 Å². The zero-order valence-corrected chi connectivity index (χ0v) is 26.2. The van der Waals surface area contributed by atoms with Gasteiger partial charge in [-0.05, 0) is 42.8 Å². The van der Waals surface area contributed by atoms with Gasteiger partial charge in [-0.3, -0.25) is 18.5 Å². The van der Waals surface area contributed by atoms with Gasteiger partial charge in [0.25, 0.3) is 26.1 Å². The lowest BCUT2D eigenvalue weighted by molar-refractivity contribution is 0.102. The molecule has 1 aliphatic rings. The fourth-order valence-corrected chi connectivity index (χ4v) is 7.15. The monoisotopic (exact) mass is 717 g/mol. The SMILES string of the molecule is O=C(Nc1ccc(S(=O)(=O)O)c2cc(S(=O)(=O)O)c(N=NC3C=CC(S(=O)(=O)CCOS(=O)(=O)O)=CC3)c(O)c12)c1ccccc1. The van der Waals surface area contributed by atoms with Gasteiger partial charge in [-0.15, -0.1) is 5.11 Å². The van der Waals surface area contributed by atoms with Crippen molar-refractivity contribution in [3.05, 3.63) is 77.2 Å². The Morgan fingerprint density at radius 2 is 1.57 bits per heavy atom. The number of phenolic OH excluding ortho intramolecular Hbond substituents is 1. The Labute approximate surface area is 262 Å². The smallest absolute Gasteiger partial charge is 0.397 e. The molecular formula is C25H23N3O14S4. The first-order valence-electron chi connectivity index (χ1n) is 12.6. The highest BCUT2D eigenvalue weighted by Gasteiger charge is 2.28. The molecule has 1 atom stereocenters. The molecule has 17 nitrogen and oxygen atoms in total. The third-order valence-electron chi connectivity index (χ3n) is 6.31. The molecule has 0 aliphatic heterocycles. The first-order chi connectivity index (χ1) is 21.3. The van der Waals surface area contributed by atoms with E-state index >= 15 is 0 Å². The Morgan fingerprint density at radius 1 is 0.913 bits per heavy atom. The summed E-state index contributed by atoms with van der Waals surface area (Å²) >= 11 is 0. The number of benzene rings is 3. The number of hydrogen-bond acceptors (Lipinski definition) is 13. The summed E-state index contributed by atoms with van der Waals surface area (Å²) in [5.41, 5.74) is -0.954. The van der Waals surface area contributed by atoms with E-state index in [0.717, 1.165) is 18.2 Å². The lowest BCUT2D eigenvalue weighted by Crippen LogP contribution is -2.17. The van der Waals surface area contributed by atoms with E-state index in [4.69, 9.17) is 4.55 Å². The summed E-state index contributed by atoms with van der Waals surface area (Å²) in [7, 11) is -19.2. The van der Waals surface area contributed by atoms with Crippen molar-refractivity contribution >= 4 is 68.5 Å². The topological polar surface area (TPSA) is 281 Å². The minimum Gasteiger partial charge on any atom is -0.505 e. The molecule has 0 aromatic heterocycles. The van der Waals surface area contributed by atoms with Gasteiger partial charge in [0.05, 0.1) is 34.4 Å². The number of nitrogens with one attached hydrogen (secondary N) is 1. The van der Waals surface area contributed by atoms with Gasteiger partial charge in [-0.25, -0.2) is 12.6 Å². The summed E-state index contributed by atoms with van der Waals surface area (Å²) in [5, 5.41) is 20.2. The molecule has 1 aliphatic carbocycles. The summed E-state index contributed by atoms with van der Waals surface area (Å²) in [6.45, 7) is -0.859. The maximum atomic E-state index is 12.9. The largest absolute Gasteiger partial charge is 0.505 e. The average molecular weight is 718 g/mol. The van der Waals surface area contributed by atoms with Crippen molar-refractivity contribution in [3.63, 3.8) is 0 Å². The molecule has 5 N–H and O–H groups in total. The van der Waals surface area contributed by atoms with Crippen LogP contribution in [-0.2, 0) is 44.7 Å². The van der Waals surface area contributed by atoms with Gasteiger partial charge in [0.15, 0.2) is 15.6 Å². The molecule has 0 saturated heterocycles. The van der Waals surface area contributed by atoms with Gasteiger partial charge in [0.1, 0.15) is 15.5 Å². The molecule has 3 aromatic carbocycles. The van der Waals surface area contributed by atoms with Crippen molar-refractivity contribution < 1.29 is 61.4 Å². The Hall–Kier alpha value is -4.09. The number of allylic oxidation sites excluding steroid dienone is 1. The molecule has 3 aromatic rings. The highest BCUT2D eigenvalue weighted by molar-refractivity contribution is 7.95. The number of anilines is 1. The van der Waals surface area contributed by atoms with Crippen LogP contribution in [0.2, 0.25) is 0 Å². The fourth-order valence-electron chi connectivity index (χ4n) is 4.24. The van der Waals surface area contributed by atoms with Gasteiger partial charge in [0.2, 0.25) is 0 Å². The number of phenols is 1. The number of carbonyl (C=O) groups excluding carboxylic acids is 1. The van der Waals surface area contributed by atoms with Gasteiger partial charge >= 0.3 is 10.4 Å². The summed E-state index contributed by atoms with van der Waals surface area (Å²) in [6.07, 6.45) is 3.36. The van der Waals surface area contributed by atoms with Crippen LogP contribution < -0.4 is 5.32 Å². The molecule has 246 valence electrons. The van der Waals surface area contributed by atoms with Crippen LogP contribution >= 0.6 is 0 Å². The van der Waals surface area contributed by atoms with E-state index in [-0.39, 0.29) is 22.6 Å². The molecule has 0 saturated carbocycles. The number of azo groups is 1. The number of rotatable bonds is 11. The van der Waals surface area contributed by atoms with E-state index in [0.29, 0.717) is 6.07 Å². The number of carbonyl (C=O) groups is 1. The second kappa shape index (κ2) is 13.0. The number of sulfone groups is 1. The third kappa shape index (κ3) is 8.19. The first-order valence-corrected chi connectivity index (χ1v) is 18.5. The van der Waals surface area contributed by atoms with E-state index in [1.54, 1.807) is 18.2 Å². The lowest BCUT2D eigenvalue weighted by Gasteiger charge is -2.16. The highest BCUT2D eigenvalue weighted by atomic mass is 32.3. The van der Waals surface area contributed by atoms with Crippen molar-refractivity contribution in [1.82, 2.24) is 0 Å². The Bertz CT molecular complexity index is 2250. The molecule has 21 heteroatoms. The van der Waals surface area contributed by atoms with Crippen molar-refractivity contribution in [2.45, 2.75) is 22.3 Å². The van der Waals surface area contributed by atoms with Crippen molar-refractivity contribution in [1.29, 1.82) is 0 Å². The van der Waals surface area contributed by atoms with E-state index in [1.807, 2.05) is 0 Å². The van der Waals surface area contributed by atoms with Crippen LogP contribution in [0.4, 0.5) is 11.4 Å². The molecule has 4 rings (SSSR count). The minimum absolute atomic E-state index is 0.144. The Kier molecular flexibility index (Phi) is 9.80. The molecule has 0 bridgehead atoms. The summed E-state index contributed by atoms with van der Waals surface area (Å²) < 4.78 is 127. The zero-order valence-electron chi connectivity index (χ0n) is 22.9. The summed E-state index contributed by atoms with van der Waals surface area (Å²) in [6, 6.07) is 9.20. The molecule has 46 heavy (non-hydrogen) atoms. The highest BCUT2D eigenvalue weighted by Crippen LogP contribution is 2.46. The third-order valence-corrected chi connectivity index (χ3v) is 10.3. The standard InChI is InChI=1S/C25H23N3O14S4/c29-24-22-18(20(44(33,34)35)11-10-19(22)26-25(30)15-4-2-1-3-5-15)14-21(45(36,37)38)23(24)28-27-16-6-8-17(9-7-16)43(31,32)13-12-42-46(39,40)41/h1-6,8-11,14,16,29H,7,12-13H2,(H,26,30)(H,33,34,35)(H,36,37,38)(H,39,40,41). The predicted octanol–water partition coefficient (Wildman–Crippen LogP) is 2.82. The lowest BCUT2D eigenvalue weighted by atomic mass is 10.1. The van der Waals surface area contributed by atoms with Gasteiger partial charge in [0, 0.05) is 10.9 Å². The van der Waals surface area contributed by atoms with Crippen molar-refractivity contribution in [2.75, 3.05) is 17.7 Å². The molecule has 1 amide bonds. The molecular weight excluding hydrogens is 695 g/mol.